The van der Waals surface area contributed by atoms with E-state index in [1.54, 1.807) is 0 Å². The van der Waals surface area contributed by atoms with Crippen LogP contribution in [0, 0.1) is 11.8 Å². The van der Waals surface area contributed by atoms with E-state index in [0.29, 0.717) is 6.42 Å². The standard InChI is InChI=1S/C14H14BrNO3/c15-8-2-3-9-7(5-8)1-4-12(9)16-13(17)10-6-11(10)14(18)19/h2-3,5,10-12H,1,4,6H2,(H,16,17)(H,18,19). The summed E-state index contributed by atoms with van der Waals surface area (Å²) < 4.78 is 1.05. The van der Waals surface area contributed by atoms with E-state index in [1.807, 2.05) is 12.1 Å². The number of rotatable bonds is 3. The summed E-state index contributed by atoms with van der Waals surface area (Å²) in [5.74, 6) is -1.80. The number of carboxylic acids is 1. The van der Waals surface area contributed by atoms with Crippen molar-refractivity contribution < 1.29 is 14.7 Å². The number of hydrogen-bond acceptors (Lipinski definition) is 2. The van der Waals surface area contributed by atoms with Crippen LogP contribution >= 0.6 is 15.9 Å². The van der Waals surface area contributed by atoms with Crippen molar-refractivity contribution in [2.24, 2.45) is 11.8 Å². The Kier molecular flexibility index (Phi) is 3.09. The highest BCUT2D eigenvalue weighted by molar-refractivity contribution is 9.10. The Labute approximate surface area is 119 Å². The van der Waals surface area contributed by atoms with Gasteiger partial charge in [-0.3, -0.25) is 9.59 Å². The van der Waals surface area contributed by atoms with Gasteiger partial charge in [0.05, 0.1) is 17.9 Å². The minimum Gasteiger partial charge on any atom is -0.481 e. The fourth-order valence-electron chi connectivity index (χ4n) is 2.77. The molecule has 0 saturated heterocycles. The Morgan fingerprint density at radius 1 is 1.32 bits per heavy atom. The van der Waals surface area contributed by atoms with E-state index in [9.17, 15) is 9.59 Å². The summed E-state index contributed by atoms with van der Waals surface area (Å²) in [5.41, 5.74) is 2.41. The average Bonchev–Trinajstić information content (AvgIpc) is 3.08. The monoisotopic (exact) mass is 323 g/mol. The zero-order chi connectivity index (χ0) is 13.6. The minimum absolute atomic E-state index is 0.0330. The molecule has 0 spiro atoms. The van der Waals surface area contributed by atoms with E-state index >= 15 is 0 Å². The zero-order valence-corrected chi connectivity index (χ0v) is 11.8. The maximum Gasteiger partial charge on any atom is 0.307 e. The van der Waals surface area contributed by atoms with Gasteiger partial charge in [0.15, 0.2) is 0 Å². The molecule has 3 rings (SSSR count). The molecule has 5 heteroatoms. The van der Waals surface area contributed by atoms with Gasteiger partial charge in [-0.05, 0) is 42.5 Å². The van der Waals surface area contributed by atoms with Crippen molar-refractivity contribution in [2.45, 2.75) is 25.3 Å². The van der Waals surface area contributed by atoms with Crippen LogP contribution in [-0.2, 0) is 16.0 Å². The maximum atomic E-state index is 12.0. The van der Waals surface area contributed by atoms with Gasteiger partial charge in [-0.15, -0.1) is 0 Å². The number of nitrogens with one attached hydrogen (secondary N) is 1. The smallest absolute Gasteiger partial charge is 0.307 e. The number of halogens is 1. The Morgan fingerprint density at radius 3 is 2.79 bits per heavy atom. The highest BCUT2D eigenvalue weighted by Crippen LogP contribution is 2.40. The summed E-state index contributed by atoms with van der Waals surface area (Å²) in [5, 5.41) is 11.8. The third kappa shape index (κ3) is 2.39. The molecule has 2 N–H and O–H groups in total. The number of hydrogen-bond donors (Lipinski definition) is 2. The van der Waals surface area contributed by atoms with Crippen molar-refractivity contribution >= 4 is 27.8 Å². The second-order valence-electron chi connectivity index (χ2n) is 5.23. The minimum atomic E-state index is -0.865. The van der Waals surface area contributed by atoms with Crippen LogP contribution in [0.1, 0.15) is 30.0 Å². The Hall–Kier alpha value is -1.36. The number of benzene rings is 1. The van der Waals surface area contributed by atoms with Gasteiger partial charge in [-0.25, -0.2) is 0 Å². The molecule has 0 bridgehead atoms. The molecular formula is C14H14BrNO3. The molecule has 3 unspecified atom stereocenters. The van der Waals surface area contributed by atoms with E-state index in [-0.39, 0.29) is 17.9 Å². The van der Waals surface area contributed by atoms with Crippen LogP contribution in [0.3, 0.4) is 0 Å². The summed E-state index contributed by atoms with van der Waals surface area (Å²) in [7, 11) is 0. The molecule has 1 aromatic carbocycles. The third-order valence-corrected chi connectivity index (χ3v) is 4.44. The van der Waals surface area contributed by atoms with E-state index in [4.69, 9.17) is 5.11 Å². The summed E-state index contributed by atoms with van der Waals surface area (Å²) in [6.07, 6.45) is 2.32. The molecule has 3 atom stereocenters. The van der Waals surface area contributed by atoms with Crippen LogP contribution in [0.2, 0.25) is 0 Å². The molecular weight excluding hydrogens is 310 g/mol. The molecule has 0 aromatic heterocycles. The zero-order valence-electron chi connectivity index (χ0n) is 10.2. The second-order valence-corrected chi connectivity index (χ2v) is 6.15. The SMILES string of the molecule is O=C(O)C1CC1C(=O)NC1CCc2cc(Br)ccc21. The molecule has 2 aliphatic carbocycles. The van der Waals surface area contributed by atoms with Crippen LogP contribution in [0.15, 0.2) is 22.7 Å². The molecule has 0 radical (unpaired) electrons. The van der Waals surface area contributed by atoms with Crippen molar-refractivity contribution in [3.8, 4) is 0 Å². The van der Waals surface area contributed by atoms with Crippen molar-refractivity contribution in [2.75, 3.05) is 0 Å². The first-order valence-electron chi connectivity index (χ1n) is 6.38. The predicted octanol–water partition coefficient (Wildman–Crippen LogP) is 2.27. The average molecular weight is 324 g/mol. The summed E-state index contributed by atoms with van der Waals surface area (Å²) >= 11 is 3.44. The first-order valence-corrected chi connectivity index (χ1v) is 7.17. The van der Waals surface area contributed by atoms with Crippen LogP contribution < -0.4 is 5.32 Å². The molecule has 1 fully saturated rings. The number of carbonyl (C=O) groups excluding carboxylic acids is 1. The van der Waals surface area contributed by atoms with E-state index in [0.717, 1.165) is 22.9 Å². The van der Waals surface area contributed by atoms with Gasteiger partial charge in [0.25, 0.3) is 0 Å². The largest absolute Gasteiger partial charge is 0.481 e. The van der Waals surface area contributed by atoms with E-state index < -0.39 is 11.9 Å². The number of carbonyl (C=O) groups is 2. The van der Waals surface area contributed by atoms with E-state index in [2.05, 4.69) is 27.3 Å². The van der Waals surface area contributed by atoms with Gasteiger partial charge in [-0.2, -0.15) is 0 Å². The molecule has 2 aliphatic rings. The molecule has 1 saturated carbocycles. The number of amides is 1. The third-order valence-electron chi connectivity index (χ3n) is 3.94. The van der Waals surface area contributed by atoms with Crippen molar-refractivity contribution in [3.05, 3.63) is 33.8 Å². The maximum absolute atomic E-state index is 12.0. The van der Waals surface area contributed by atoms with Crippen molar-refractivity contribution in [1.29, 1.82) is 0 Å². The fraction of sp³-hybridized carbons (Fsp3) is 0.429. The Morgan fingerprint density at radius 2 is 2.11 bits per heavy atom. The lowest BCUT2D eigenvalue weighted by atomic mass is 10.1. The fourth-order valence-corrected chi connectivity index (χ4v) is 3.18. The highest BCUT2D eigenvalue weighted by Gasteiger charge is 2.48. The second kappa shape index (κ2) is 4.63. The lowest BCUT2D eigenvalue weighted by Crippen LogP contribution is -2.29. The lowest BCUT2D eigenvalue weighted by molar-refractivity contribution is -0.140. The number of fused-ring (bicyclic) bond motifs is 1. The highest BCUT2D eigenvalue weighted by atomic mass is 79.9. The molecule has 100 valence electrons. The van der Waals surface area contributed by atoms with Crippen LogP contribution in [0.4, 0.5) is 0 Å². The number of aryl methyl sites for hydroxylation is 1. The number of carboxylic acid groups (broad SMARTS) is 1. The molecule has 1 aromatic rings. The molecule has 0 heterocycles. The quantitative estimate of drug-likeness (QED) is 0.896. The van der Waals surface area contributed by atoms with Gasteiger partial charge < -0.3 is 10.4 Å². The van der Waals surface area contributed by atoms with Crippen LogP contribution in [0.25, 0.3) is 0 Å². The normalized spacial score (nSPS) is 27.7. The van der Waals surface area contributed by atoms with Crippen LogP contribution in [0.5, 0.6) is 0 Å². The van der Waals surface area contributed by atoms with Crippen molar-refractivity contribution in [3.63, 3.8) is 0 Å². The first-order chi connectivity index (χ1) is 9.06. The van der Waals surface area contributed by atoms with Gasteiger partial charge in [0.2, 0.25) is 5.91 Å². The van der Waals surface area contributed by atoms with Gasteiger partial charge in [0.1, 0.15) is 0 Å². The van der Waals surface area contributed by atoms with Crippen LogP contribution in [-0.4, -0.2) is 17.0 Å². The van der Waals surface area contributed by atoms with E-state index in [1.165, 1.54) is 5.56 Å². The molecule has 0 aliphatic heterocycles. The van der Waals surface area contributed by atoms with Crippen molar-refractivity contribution in [1.82, 2.24) is 5.32 Å². The summed E-state index contributed by atoms with van der Waals surface area (Å²) in [4.78, 5) is 22.7. The van der Waals surface area contributed by atoms with Gasteiger partial charge in [-0.1, -0.05) is 22.0 Å². The predicted molar refractivity (Wildman–Crippen MR) is 72.6 cm³/mol. The lowest BCUT2D eigenvalue weighted by Gasteiger charge is -2.14. The van der Waals surface area contributed by atoms with Gasteiger partial charge >= 0.3 is 5.97 Å². The Bertz CT molecular complexity index is 558. The first kappa shape index (κ1) is 12.7. The summed E-state index contributed by atoms with van der Waals surface area (Å²) in [6.45, 7) is 0. The molecule has 19 heavy (non-hydrogen) atoms. The Balaban J connectivity index is 1.67. The number of aliphatic carboxylic acids is 1. The topological polar surface area (TPSA) is 66.4 Å². The molecule has 4 nitrogen and oxygen atoms in total. The molecule has 1 amide bonds. The summed E-state index contributed by atoms with van der Waals surface area (Å²) in [6, 6.07) is 6.11. The van der Waals surface area contributed by atoms with Gasteiger partial charge in [0, 0.05) is 4.47 Å².